The number of amides is 1. The maximum absolute atomic E-state index is 12.2. The number of thiophene rings is 1. The van der Waals surface area contributed by atoms with Gasteiger partial charge >= 0.3 is 5.97 Å². The number of aryl methyl sites for hydroxylation is 1. The molecule has 0 saturated carbocycles. The van der Waals surface area contributed by atoms with Crippen molar-refractivity contribution in [1.82, 2.24) is 0 Å². The van der Waals surface area contributed by atoms with E-state index in [0.29, 0.717) is 10.6 Å². The van der Waals surface area contributed by atoms with Crippen molar-refractivity contribution < 1.29 is 14.3 Å². The zero-order chi connectivity index (χ0) is 14.7. The molecule has 1 N–H and O–H groups in total. The maximum atomic E-state index is 12.2. The monoisotopic (exact) mass is 313 g/mol. The molecule has 1 aromatic heterocycles. The van der Waals surface area contributed by atoms with Crippen molar-refractivity contribution >= 4 is 39.8 Å². The van der Waals surface area contributed by atoms with Crippen LogP contribution in [0.2, 0.25) is 0 Å². The van der Waals surface area contributed by atoms with Gasteiger partial charge in [0.05, 0.1) is 5.56 Å². The lowest BCUT2D eigenvalue weighted by Crippen LogP contribution is -2.14. The molecule has 0 fully saturated rings. The fraction of sp³-hybridized carbons (Fsp3) is 0.429. The summed E-state index contributed by atoms with van der Waals surface area (Å²) in [6.07, 6.45) is 3.95. The predicted molar refractivity (Wildman–Crippen MR) is 80.5 cm³/mol. The summed E-state index contributed by atoms with van der Waals surface area (Å²) in [6.45, 7) is 4.89. The second-order valence-electron chi connectivity index (χ2n) is 4.69. The Morgan fingerprint density at radius 2 is 2.10 bits per heavy atom. The normalized spacial score (nSPS) is 13.5. The molecule has 1 aliphatic rings. The maximum Gasteiger partial charge on any atom is 0.341 e. The van der Waals surface area contributed by atoms with Crippen molar-refractivity contribution in [3.05, 3.63) is 27.6 Å². The van der Waals surface area contributed by atoms with E-state index in [1.54, 1.807) is 0 Å². The van der Waals surface area contributed by atoms with Gasteiger partial charge in [-0.25, -0.2) is 4.79 Å². The van der Waals surface area contributed by atoms with Gasteiger partial charge in [0.1, 0.15) is 11.6 Å². The van der Waals surface area contributed by atoms with Gasteiger partial charge in [-0.15, -0.1) is 11.3 Å². The van der Waals surface area contributed by atoms with E-state index in [0.717, 1.165) is 36.1 Å². The number of rotatable bonds is 4. The van der Waals surface area contributed by atoms with Gasteiger partial charge < -0.3 is 10.1 Å². The number of hydrogen-bond acceptors (Lipinski definition) is 4. The van der Waals surface area contributed by atoms with Gasteiger partial charge in [0.25, 0.3) is 0 Å². The number of carbonyl (C=O) groups excluding carboxylic acids is 2. The molecule has 2 rings (SSSR count). The van der Waals surface area contributed by atoms with Crippen LogP contribution < -0.4 is 5.32 Å². The molecule has 1 heterocycles. The average molecular weight is 314 g/mol. The van der Waals surface area contributed by atoms with Gasteiger partial charge in [-0.3, -0.25) is 4.79 Å². The highest BCUT2D eigenvalue weighted by atomic mass is 35.5. The Balaban J connectivity index is 2.32. The molecule has 0 atom stereocenters. The molecule has 1 amide bonds. The number of carbonyl (C=O) groups is 2. The molecule has 4 nitrogen and oxygen atoms in total. The molecule has 0 spiro atoms. The standard InChI is InChI=1S/C14H16ClNO3S/c1-8(15)7-19-14(18)12-10-5-3-4-6-11(10)20-13(12)16-9(2)17/h1,3-7H2,2H3,(H,16,17). The minimum absolute atomic E-state index is 0.0233. The van der Waals surface area contributed by atoms with E-state index in [1.165, 1.54) is 18.3 Å². The number of halogens is 1. The molecule has 0 unspecified atom stereocenters. The van der Waals surface area contributed by atoms with Crippen LogP contribution in [0.15, 0.2) is 11.6 Å². The zero-order valence-corrected chi connectivity index (χ0v) is 12.8. The largest absolute Gasteiger partial charge is 0.456 e. The Hall–Kier alpha value is -1.33. The van der Waals surface area contributed by atoms with Crippen LogP contribution in [-0.2, 0) is 22.4 Å². The summed E-state index contributed by atoms with van der Waals surface area (Å²) in [4.78, 5) is 24.7. The smallest absolute Gasteiger partial charge is 0.341 e. The Morgan fingerprint density at radius 1 is 1.40 bits per heavy atom. The average Bonchev–Trinajstić information content (AvgIpc) is 2.72. The van der Waals surface area contributed by atoms with E-state index in [1.807, 2.05) is 0 Å². The lowest BCUT2D eigenvalue weighted by atomic mass is 9.95. The highest BCUT2D eigenvalue weighted by Crippen LogP contribution is 2.38. The van der Waals surface area contributed by atoms with Gasteiger partial charge in [0.2, 0.25) is 5.91 Å². The second kappa shape index (κ2) is 6.41. The third kappa shape index (κ3) is 3.41. The van der Waals surface area contributed by atoms with Gasteiger partial charge in [0.15, 0.2) is 0 Å². The molecule has 0 aliphatic heterocycles. The molecule has 1 aromatic rings. The summed E-state index contributed by atoms with van der Waals surface area (Å²) in [5.41, 5.74) is 1.49. The van der Waals surface area contributed by atoms with Crippen molar-refractivity contribution in [2.24, 2.45) is 0 Å². The number of hydrogen-bond donors (Lipinski definition) is 1. The summed E-state index contributed by atoms with van der Waals surface area (Å²) in [7, 11) is 0. The molecular weight excluding hydrogens is 298 g/mol. The van der Waals surface area contributed by atoms with Crippen LogP contribution in [0.1, 0.15) is 40.6 Å². The Kier molecular flexibility index (Phi) is 4.83. The van der Waals surface area contributed by atoms with Crippen LogP contribution in [0.3, 0.4) is 0 Å². The quantitative estimate of drug-likeness (QED) is 0.866. The van der Waals surface area contributed by atoms with Crippen molar-refractivity contribution in [2.75, 3.05) is 11.9 Å². The molecule has 0 saturated heterocycles. The van der Waals surface area contributed by atoms with E-state index in [9.17, 15) is 9.59 Å². The molecule has 6 heteroatoms. The minimum atomic E-state index is -0.449. The molecule has 1 aliphatic carbocycles. The molecule has 108 valence electrons. The second-order valence-corrected chi connectivity index (χ2v) is 6.33. The number of esters is 1. The third-order valence-electron chi connectivity index (χ3n) is 3.02. The Morgan fingerprint density at radius 3 is 2.75 bits per heavy atom. The van der Waals surface area contributed by atoms with Gasteiger partial charge in [-0.1, -0.05) is 18.2 Å². The molecule has 20 heavy (non-hydrogen) atoms. The minimum Gasteiger partial charge on any atom is -0.456 e. The van der Waals surface area contributed by atoms with E-state index >= 15 is 0 Å². The summed E-state index contributed by atoms with van der Waals surface area (Å²) >= 11 is 7.08. The topological polar surface area (TPSA) is 55.4 Å². The van der Waals surface area contributed by atoms with E-state index in [-0.39, 0.29) is 17.5 Å². The van der Waals surface area contributed by atoms with Crippen LogP contribution in [0.4, 0.5) is 5.00 Å². The fourth-order valence-electron chi connectivity index (χ4n) is 2.25. The zero-order valence-electron chi connectivity index (χ0n) is 11.3. The van der Waals surface area contributed by atoms with Crippen LogP contribution in [-0.4, -0.2) is 18.5 Å². The highest BCUT2D eigenvalue weighted by Gasteiger charge is 2.26. The fourth-order valence-corrected chi connectivity index (χ4v) is 3.62. The van der Waals surface area contributed by atoms with Gasteiger partial charge in [0, 0.05) is 16.8 Å². The molecule has 0 radical (unpaired) electrons. The van der Waals surface area contributed by atoms with Crippen LogP contribution in [0.25, 0.3) is 0 Å². The third-order valence-corrected chi connectivity index (χ3v) is 4.34. The summed E-state index contributed by atoms with van der Waals surface area (Å²) in [6, 6.07) is 0. The Labute approximate surface area is 126 Å². The predicted octanol–water partition coefficient (Wildman–Crippen LogP) is 3.49. The van der Waals surface area contributed by atoms with Crippen LogP contribution >= 0.6 is 22.9 Å². The summed E-state index contributed by atoms with van der Waals surface area (Å²) in [5.74, 6) is -0.644. The van der Waals surface area contributed by atoms with Crippen molar-refractivity contribution in [2.45, 2.75) is 32.6 Å². The SMILES string of the molecule is C=C(Cl)COC(=O)c1c(NC(C)=O)sc2c1CCCC2. The first-order valence-electron chi connectivity index (χ1n) is 6.41. The summed E-state index contributed by atoms with van der Waals surface area (Å²) < 4.78 is 5.12. The van der Waals surface area contributed by atoms with Crippen molar-refractivity contribution in [3.63, 3.8) is 0 Å². The molecular formula is C14H16ClNO3S. The van der Waals surface area contributed by atoms with Crippen molar-refractivity contribution in [1.29, 1.82) is 0 Å². The first-order chi connectivity index (χ1) is 9.49. The van der Waals surface area contributed by atoms with Gasteiger partial charge in [-0.2, -0.15) is 0 Å². The first-order valence-corrected chi connectivity index (χ1v) is 7.61. The van der Waals surface area contributed by atoms with Crippen molar-refractivity contribution in [3.8, 4) is 0 Å². The number of anilines is 1. The van der Waals surface area contributed by atoms with Gasteiger partial charge in [-0.05, 0) is 31.2 Å². The van der Waals surface area contributed by atoms with E-state index < -0.39 is 5.97 Å². The number of fused-ring (bicyclic) bond motifs is 1. The summed E-state index contributed by atoms with van der Waals surface area (Å²) in [5, 5.41) is 3.57. The molecule has 0 aromatic carbocycles. The number of nitrogens with one attached hydrogen (secondary N) is 1. The highest BCUT2D eigenvalue weighted by molar-refractivity contribution is 7.17. The van der Waals surface area contributed by atoms with E-state index in [4.69, 9.17) is 16.3 Å². The number of ether oxygens (including phenoxy) is 1. The van der Waals surface area contributed by atoms with Crippen LogP contribution in [0.5, 0.6) is 0 Å². The first kappa shape index (κ1) is 15.1. The van der Waals surface area contributed by atoms with E-state index in [2.05, 4.69) is 11.9 Å². The lowest BCUT2D eigenvalue weighted by Gasteiger charge is -2.12. The lowest BCUT2D eigenvalue weighted by molar-refractivity contribution is -0.114. The van der Waals surface area contributed by atoms with Crippen LogP contribution in [0, 0.1) is 0 Å². The molecule has 0 bridgehead atoms. The Bertz CT molecular complexity index is 565.